The molecule has 8 nitrogen and oxygen atoms in total. The number of aromatic nitrogens is 1. The van der Waals surface area contributed by atoms with Gasteiger partial charge in [0.15, 0.2) is 11.5 Å². The van der Waals surface area contributed by atoms with Crippen molar-refractivity contribution in [1.82, 2.24) is 4.98 Å². The third kappa shape index (κ3) is 4.85. The molecule has 0 saturated carbocycles. The molecular formula is C21H22N2O6. The lowest BCUT2D eigenvalue weighted by atomic mass is 10.1. The lowest BCUT2D eigenvalue weighted by Gasteiger charge is -2.14. The van der Waals surface area contributed by atoms with E-state index < -0.39 is 12.0 Å². The molecule has 0 fully saturated rings. The molecule has 0 spiro atoms. The van der Waals surface area contributed by atoms with E-state index >= 15 is 0 Å². The van der Waals surface area contributed by atoms with Crippen LogP contribution < -0.4 is 24.7 Å². The zero-order valence-electron chi connectivity index (χ0n) is 16.1. The van der Waals surface area contributed by atoms with Crippen molar-refractivity contribution in [3.05, 3.63) is 48.7 Å². The largest absolute Gasteiger partial charge is 0.497 e. The highest BCUT2D eigenvalue weighted by Crippen LogP contribution is 2.37. The van der Waals surface area contributed by atoms with Crippen LogP contribution in [0.3, 0.4) is 0 Å². The molecule has 0 bridgehead atoms. The van der Waals surface area contributed by atoms with Crippen LogP contribution in [-0.2, 0) is 4.79 Å². The molecule has 3 N–H and O–H groups in total. The number of methoxy groups -OCH3 is 2. The van der Waals surface area contributed by atoms with Gasteiger partial charge in [0.05, 0.1) is 26.3 Å². The molecule has 29 heavy (non-hydrogen) atoms. The molecule has 1 aromatic heterocycles. The number of nitrogens with two attached hydrogens (primary N) is 1. The number of carboxylic acid groups (broad SMARTS) is 1. The van der Waals surface area contributed by atoms with E-state index in [0.29, 0.717) is 28.5 Å². The van der Waals surface area contributed by atoms with E-state index in [4.69, 9.17) is 29.8 Å². The van der Waals surface area contributed by atoms with E-state index in [0.717, 1.165) is 11.1 Å². The number of carbonyl (C=O) groups is 1. The van der Waals surface area contributed by atoms with Gasteiger partial charge in [0, 0.05) is 24.1 Å². The second-order valence-electron chi connectivity index (χ2n) is 6.19. The van der Waals surface area contributed by atoms with Gasteiger partial charge in [-0.05, 0) is 36.4 Å². The number of aliphatic carboxylic acids is 1. The van der Waals surface area contributed by atoms with Gasteiger partial charge in [-0.3, -0.25) is 9.78 Å². The molecule has 0 radical (unpaired) electrons. The Balaban J connectivity index is 1.84. The van der Waals surface area contributed by atoms with Crippen LogP contribution >= 0.6 is 0 Å². The third-order valence-corrected chi connectivity index (χ3v) is 4.28. The van der Waals surface area contributed by atoms with Gasteiger partial charge >= 0.3 is 5.97 Å². The first-order valence-electron chi connectivity index (χ1n) is 8.91. The van der Waals surface area contributed by atoms with Gasteiger partial charge in [0.25, 0.3) is 0 Å². The number of pyridine rings is 1. The minimum absolute atomic E-state index is 0.136. The Labute approximate surface area is 167 Å². The predicted molar refractivity (Wildman–Crippen MR) is 107 cm³/mol. The van der Waals surface area contributed by atoms with E-state index in [2.05, 4.69) is 4.98 Å². The number of fused-ring (bicyclic) bond motifs is 1. The minimum atomic E-state index is -1.07. The summed E-state index contributed by atoms with van der Waals surface area (Å²) in [6.07, 6.45) is 1.81. The van der Waals surface area contributed by atoms with Crippen molar-refractivity contribution >= 4 is 16.9 Å². The van der Waals surface area contributed by atoms with Crippen LogP contribution in [0, 0.1) is 0 Å². The van der Waals surface area contributed by atoms with E-state index in [-0.39, 0.29) is 13.0 Å². The Hall–Kier alpha value is -3.52. The molecular weight excluding hydrogens is 376 g/mol. The summed E-state index contributed by atoms with van der Waals surface area (Å²) in [5, 5.41) is 9.61. The van der Waals surface area contributed by atoms with Gasteiger partial charge in [-0.15, -0.1) is 0 Å². The molecule has 3 aromatic rings. The van der Waals surface area contributed by atoms with Crippen LogP contribution in [0.25, 0.3) is 10.9 Å². The quantitative estimate of drug-likeness (QED) is 0.565. The van der Waals surface area contributed by atoms with E-state index in [1.54, 1.807) is 31.5 Å². The fourth-order valence-electron chi connectivity index (χ4n) is 2.68. The maximum Gasteiger partial charge on any atom is 0.320 e. The summed E-state index contributed by atoms with van der Waals surface area (Å²) in [6.45, 7) is 0.136. The Kier molecular flexibility index (Phi) is 6.36. The molecule has 3 rings (SSSR count). The van der Waals surface area contributed by atoms with E-state index in [1.165, 1.54) is 7.11 Å². The zero-order valence-corrected chi connectivity index (χ0v) is 16.1. The third-order valence-electron chi connectivity index (χ3n) is 4.28. The fraction of sp³-hybridized carbons (Fsp3) is 0.238. The molecule has 0 amide bonds. The summed E-state index contributed by atoms with van der Waals surface area (Å²) in [6, 6.07) is 11.5. The first-order chi connectivity index (χ1) is 14.0. The van der Waals surface area contributed by atoms with Crippen molar-refractivity contribution in [2.45, 2.75) is 12.5 Å². The lowest BCUT2D eigenvalue weighted by Crippen LogP contribution is -2.31. The summed E-state index contributed by atoms with van der Waals surface area (Å²) in [4.78, 5) is 15.2. The first-order valence-corrected chi connectivity index (χ1v) is 8.91. The summed E-state index contributed by atoms with van der Waals surface area (Å²) in [5.41, 5.74) is 6.15. The number of carboxylic acids is 1. The molecule has 152 valence electrons. The number of hydrogen-bond acceptors (Lipinski definition) is 7. The number of hydrogen-bond donors (Lipinski definition) is 2. The van der Waals surface area contributed by atoms with E-state index in [9.17, 15) is 4.79 Å². The van der Waals surface area contributed by atoms with Gasteiger partial charge < -0.3 is 29.8 Å². The molecule has 0 aliphatic carbocycles. The van der Waals surface area contributed by atoms with Crippen molar-refractivity contribution < 1.29 is 28.8 Å². The van der Waals surface area contributed by atoms with Gasteiger partial charge in [0.2, 0.25) is 0 Å². The maximum atomic E-state index is 10.8. The van der Waals surface area contributed by atoms with Gasteiger partial charge in [-0.25, -0.2) is 0 Å². The van der Waals surface area contributed by atoms with Gasteiger partial charge in [0.1, 0.15) is 23.3 Å². The highest BCUT2D eigenvalue weighted by Gasteiger charge is 2.14. The predicted octanol–water partition coefficient (Wildman–Crippen LogP) is 3.23. The van der Waals surface area contributed by atoms with Gasteiger partial charge in [-0.1, -0.05) is 0 Å². The second kappa shape index (κ2) is 9.11. The SMILES string of the molecule is COc1ccc(Oc2ccnc3cc(OCCC(N)C(=O)O)c(OC)cc23)cc1. The van der Waals surface area contributed by atoms with E-state index in [1.807, 2.05) is 24.3 Å². The normalized spacial score (nSPS) is 11.7. The van der Waals surface area contributed by atoms with Crippen LogP contribution in [0.1, 0.15) is 6.42 Å². The minimum Gasteiger partial charge on any atom is -0.497 e. The molecule has 0 aliphatic rings. The Morgan fingerprint density at radius 2 is 1.76 bits per heavy atom. The number of rotatable bonds is 9. The van der Waals surface area contributed by atoms with Crippen LogP contribution in [0.4, 0.5) is 0 Å². The van der Waals surface area contributed by atoms with Crippen LogP contribution in [0.5, 0.6) is 28.7 Å². The molecule has 8 heteroatoms. The monoisotopic (exact) mass is 398 g/mol. The maximum absolute atomic E-state index is 10.8. The Morgan fingerprint density at radius 1 is 1.03 bits per heavy atom. The second-order valence-corrected chi connectivity index (χ2v) is 6.19. The summed E-state index contributed by atoms with van der Waals surface area (Å²) in [7, 11) is 3.13. The molecule has 2 aromatic carbocycles. The summed E-state index contributed by atoms with van der Waals surface area (Å²) in [5.74, 6) is 1.86. The molecule has 0 saturated heterocycles. The highest BCUT2D eigenvalue weighted by molar-refractivity contribution is 5.88. The van der Waals surface area contributed by atoms with Crippen molar-refractivity contribution in [3.8, 4) is 28.7 Å². The van der Waals surface area contributed by atoms with Crippen molar-refractivity contribution in [1.29, 1.82) is 0 Å². The Bertz CT molecular complexity index is 990. The standard InChI is InChI=1S/C21H22N2O6/c1-26-13-3-5-14(6-4-13)29-18-7-9-23-17-12-20(19(27-2)11-15(17)18)28-10-8-16(22)21(24)25/h3-7,9,11-12,16H,8,10,22H2,1-2H3,(H,24,25). The number of benzene rings is 2. The average Bonchev–Trinajstić information content (AvgIpc) is 2.73. The summed E-state index contributed by atoms with van der Waals surface area (Å²) >= 11 is 0. The number of nitrogens with zero attached hydrogens (tertiary/aromatic N) is 1. The highest BCUT2D eigenvalue weighted by atomic mass is 16.5. The topological polar surface area (TPSA) is 113 Å². The van der Waals surface area contributed by atoms with Crippen LogP contribution in [0.15, 0.2) is 48.7 Å². The molecule has 0 aliphatic heterocycles. The summed E-state index contributed by atoms with van der Waals surface area (Å²) < 4.78 is 22.3. The molecule has 1 atom stereocenters. The number of ether oxygens (including phenoxy) is 4. The molecule has 1 heterocycles. The van der Waals surface area contributed by atoms with Crippen molar-refractivity contribution in [2.24, 2.45) is 5.73 Å². The van der Waals surface area contributed by atoms with Crippen LogP contribution in [-0.4, -0.2) is 42.9 Å². The average molecular weight is 398 g/mol. The van der Waals surface area contributed by atoms with Gasteiger partial charge in [-0.2, -0.15) is 0 Å². The molecule has 1 unspecified atom stereocenters. The zero-order chi connectivity index (χ0) is 20.8. The van der Waals surface area contributed by atoms with Crippen molar-refractivity contribution in [2.75, 3.05) is 20.8 Å². The Morgan fingerprint density at radius 3 is 2.41 bits per heavy atom. The first kappa shape index (κ1) is 20.2. The lowest BCUT2D eigenvalue weighted by molar-refractivity contribution is -0.138. The van der Waals surface area contributed by atoms with Crippen molar-refractivity contribution in [3.63, 3.8) is 0 Å². The fourth-order valence-corrected chi connectivity index (χ4v) is 2.68. The van der Waals surface area contributed by atoms with Crippen LogP contribution in [0.2, 0.25) is 0 Å². The smallest absolute Gasteiger partial charge is 0.320 e.